The van der Waals surface area contributed by atoms with Crippen molar-refractivity contribution >= 4 is 23.1 Å². The maximum absolute atomic E-state index is 13.5. The van der Waals surface area contributed by atoms with Crippen LogP contribution in [-0.2, 0) is 16.1 Å². The number of nitrogens with zero attached hydrogens (tertiary/aromatic N) is 2. The lowest BCUT2D eigenvalue weighted by atomic mass is 9.94. The van der Waals surface area contributed by atoms with Crippen LogP contribution in [0.1, 0.15) is 43.5 Å². The number of fused-ring (bicyclic) bond motifs is 1. The molecule has 2 N–H and O–H groups in total. The molecule has 1 amide bonds. The largest absolute Gasteiger partial charge is 0.508 e. The van der Waals surface area contributed by atoms with Crippen LogP contribution in [0.4, 0.5) is 5.69 Å². The number of ether oxygens (including phenoxy) is 2. The normalized spacial score (nSPS) is 18.6. The van der Waals surface area contributed by atoms with Gasteiger partial charge in [0.25, 0.3) is 11.7 Å². The van der Waals surface area contributed by atoms with Crippen molar-refractivity contribution in [1.29, 1.82) is 0 Å². The van der Waals surface area contributed by atoms with Crippen LogP contribution in [0.3, 0.4) is 0 Å². The zero-order chi connectivity index (χ0) is 27.9. The Kier molecular flexibility index (Phi) is 6.72. The van der Waals surface area contributed by atoms with Gasteiger partial charge in [-0.15, -0.1) is 0 Å². The molecule has 1 unspecified atom stereocenters. The highest BCUT2D eigenvalue weighted by Gasteiger charge is 2.46. The number of phenols is 1. The van der Waals surface area contributed by atoms with Crippen LogP contribution >= 0.6 is 0 Å². The number of rotatable bonds is 5. The Balaban J connectivity index is 1.62. The quantitative estimate of drug-likeness (QED) is 0.273. The Hall–Kier alpha value is -4.46. The highest BCUT2D eigenvalue weighted by Crippen LogP contribution is 2.42. The first kappa shape index (κ1) is 26.2. The lowest BCUT2D eigenvalue weighted by molar-refractivity contribution is -0.140. The molecule has 1 saturated heterocycles. The summed E-state index contributed by atoms with van der Waals surface area (Å²) in [5.41, 5.74) is 2.02. The Morgan fingerprint density at radius 3 is 2.49 bits per heavy atom. The molecule has 5 rings (SSSR count). The van der Waals surface area contributed by atoms with E-state index < -0.39 is 23.3 Å². The number of amides is 1. The van der Waals surface area contributed by atoms with Crippen molar-refractivity contribution in [2.75, 3.05) is 25.1 Å². The first-order valence-corrected chi connectivity index (χ1v) is 12.9. The van der Waals surface area contributed by atoms with Gasteiger partial charge in [0.05, 0.1) is 30.4 Å². The monoisotopic (exact) mass is 528 g/mol. The molecule has 2 aliphatic rings. The van der Waals surface area contributed by atoms with E-state index in [1.54, 1.807) is 30.3 Å². The minimum absolute atomic E-state index is 0.0146. The van der Waals surface area contributed by atoms with Gasteiger partial charge in [-0.05, 0) is 62.7 Å². The van der Waals surface area contributed by atoms with E-state index in [0.29, 0.717) is 35.8 Å². The first-order chi connectivity index (χ1) is 18.5. The van der Waals surface area contributed by atoms with E-state index in [2.05, 4.69) is 0 Å². The lowest BCUT2D eigenvalue weighted by Crippen LogP contribution is -2.30. The van der Waals surface area contributed by atoms with Crippen molar-refractivity contribution in [2.24, 2.45) is 0 Å². The molecule has 2 heterocycles. The Morgan fingerprint density at radius 2 is 1.77 bits per heavy atom. The number of hydrogen-bond donors (Lipinski definition) is 2. The third-order valence-electron chi connectivity index (χ3n) is 6.81. The maximum atomic E-state index is 13.5. The van der Waals surface area contributed by atoms with Gasteiger partial charge in [0, 0.05) is 18.2 Å². The van der Waals surface area contributed by atoms with Crippen LogP contribution < -0.4 is 14.4 Å². The Morgan fingerprint density at radius 1 is 1.05 bits per heavy atom. The number of Topliss-reactive ketones (excluding diaryl/α,β-unsaturated/α-hetero) is 1. The maximum Gasteiger partial charge on any atom is 0.295 e. The highest BCUT2D eigenvalue weighted by atomic mass is 16.5. The van der Waals surface area contributed by atoms with Crippen LogP contribution in [0.25, 0.3) is 5.76 Å². The number of phenolic OH excluding ortho intramolecular Hbond substituents is 1. The van der Waals surface area contributed by atoms with Crippen molar-refractivity contribution < 1.29 is 29.3 Å². The summed E-state index contributed by atoms with van der Waals surface area (Å²) in [6.45, 7) is 7.14. The molecule has 0 radical (unpaired) electrons. The van der Waals surface area contributed by atoms with Crippen LogP contribution in [0.15, 0.2) is 72.3 Å². The van der Waals surface area contributed by atoms with E-state index in [-0.39, 0.29) is 23.6 Å². The molecule has 1 fully saturated rings. The van der Waals surface area contributed by atoms with Crippen molar-refractivity contribution in [2.45, 2.75) is 39.0 Å². The fourth-order valence-electron chi connectivity index (χ4n) is 4.95. The fraction of sp³-hybridized carbons (Fsp3) is 0.290. The van der Waals surface area contributed by atoms with Crippen LogP contribution in [0.2, 0.25) is 0 Å². The van der Waals surface area contributed by atoms with Gasteiger partial charge in [-0.1, -0.05) is 30.3 Å². The van der Waals surface area contributed by atoms with Gasteiger partial charge in [0.1, 0.15) is 35.2 Å². The van der Waals surface area contributed by atoms with Gasteiger partial charge in [-0.25, -0.2) is 0 Å². The van der Waals surface area contributed by atoms with Gasteiger partial charge in [-0.3, -0.25) is 9.59 Å². The van der Waals surface area contributed by atoms with Gasteiger partial charge >= 0.3 is 0 Å². The van der Waals surface area contributed by atoms with E-state index in [1.807, 2.05) is 57.0 Å². The molecular weight excluding hydrogens is 496 g/mol. The van der Waals surface area contributed by atoms with Gasteiger partial charge in [0.2, 0.25) is 0 Å². The van der Waals surface area contributed by atoms with Crippen molar-refractivity contribution in [3.05, 3.63) is 89.0 Å². The van der Waals surface area contributed by atoms with Crippen molar-refractivity contribution in [3.63, 3.8) is 0 Å². The van der Waals surface area contributed by atoms with E-state index in [1.165, 1.54) is 17.0 Å². The molecule has 0 aromatic heterocycles. The number of anilines is 1. The predicted octanol–water partition coefficient (Wildman–Crippen LogP) is 5.02. The molecule has 0 spiro atoms. The van der Waals surface area contributed by atoms with Gasteiger partial charge < -0.3 is 29.5 Å². The Labute approximate surface area is 227 Å². The number of ketones is 1. The van der Waals surface area contributed by atoms with E-state index in [0.717, 1.165) is 11.3 Å². The average Bonchev–Trinajstić information content (AvgIpc) is 3.14. The zero-order valence-corrected chi connectivity index (χ0v) is 22.5. The second-order valence-corrected chi connectivity index (χ2v) is 10.8. The topological polar surface area (TPSA) is 99.5 Å². The number of aliphatic hydroxyl groups is 1. The predicted molar refractivity (Wildman–Crippen MR) is 148 cm³/mol. The molecule has 2 aliphatic heterocycles. The van der Waals surface area contributed by atoms with Crippen molar-refractivity contribution in [1.82, 2.24) is 4.90 Å². The zero-order valence-electron chi connectivity index (χ0n) is 22.5. The molecule has 39 heavy (non-hydrogen) atoms. The number of benzene rings is 3. The number of aromatic hydroxyl groups is 1. The number of likely N-dealkylation sites (tertiary alicyclic amines) is 1. The summed E-state index contributed by atoms with van der Waals surface area (Å²) in [7, 11) is 1.93. The number of likely N-dealkylation sites (N-methyl/N-ethyl adjacent to an activating group) is 1. The van der Waals surface area contributed by atoms with E-state index >= 15 is 0 Å². The summed E-state index contributed by atoms with van der Waals surface area (Å²) in [4.78, 5) is 30.5. The first-order valence-electron chi connectivity index (χ1n) is 12.9. The number of hydrogen-bond acceptors (Lipinski definition) is 7. The molecule has 0 saturated carbocycles. The molecule has 1 atom stereocenters. The number of para-hydroxylation sites is 1. The highest BCUT2D eigenvalue weighted by molar-refractivity contribution is 6.46. The summed E-state index contributed by atoms with van der Waals surface area (Å²) in [5.74, 6) is -0.423. The summed E-state index contributed by atoms with van der Waals surface area (Å²) in [6, 6.07) is 18.0. The number of aliphatic hydroxyl groups excluding tert-OH is 1. The fourth-order valence-corrected chi connectivity index (χ4v) is 4.95. The molecule has 8 nitrogen and oxygen atoms in total. The molecular formula is C31H32N2O6. The van der Waals surface area contributed by atoms with Gasteiger partial charge in [-0.2, -0.15) is 0 Å². The second kappa shape index (κ2) is 10.0. The Bertz CT molecular complexity index is 1450. The third kappa shape index (κ3) is 5.14. The summed E-state index contributed by atoms with van der Waals surface area (Å²) in [6.07, 6.45) is 0. The summed E-state index contributed by atoms with van der Waals surface area (Å²) >= 11 is 0. The second-order valence-electron chi connectivity index (χ2n) is 10.8. The summed E-state index contributed by atoms with van der Waals surface area (Å²) in [5, 5.41) is 21.4. The molecule has 0 bridgehead atoms. The van der Waals surface area contributed by atoms with Crippen LogP contribution in [-0.4, -0.2) is 52.6 Å². The number of carbonyl (C=O) groups is 2. The minimum Gasteiger partial charge on any atom is -0.508 e. The number of carbonyl (C=O) groups excluding carboxylic acids is 2. The third-order valence-corrected chi connectivity index (χ3v) is 6.81. The molecule has 3 aromatic carbocycles. The van der Waals surface area contributed by atoms with E-state index in [4.69, 9.17) is 9.47 Å². The minimum atomic E-state index is -0.877. The van der Waals surface area contributed by atoms with Crippen molar-refractivity contribution in [3.8, 4) is 17.2 Å². The standard InChI is InChI=1S/C31H32N2O6/c1-31(2,3)39-24-8-6-5-7-21(24)18-33-27(19-9-12-22(34)13-10-19)26(29(36)30(33)37)28(35)20-11-14-25-23(17-20)32(4)15-16-38-25/h5-14,17,27,34-35H,15-16,18H2,1-4H3/b28-26-. The molecule has 202 valence electrons. The summed E-state index contributed by atoms with van der Waals surface area (Å²) < 4.78 is 11.9. The van der Waals surface area contributed by atoms with Crippen LogP contribution in [0, 0.1) is 0 Å². The molecule has 8 heteroatoms. The average molecular weight is 529 g/mol. The SMILES string of the molecule is CN1CCOc2ccc(/C(O)=C3/C(=O)C(=O)N(Cc4ccccc4OC(C)(C)C)C3c3ccc(O)cc3)cc21. The molecule has 0 aliphatic carbocycles. The molecule has 3 aromatic rings. The van der Waals surface area contributed by atoms with Gasteiger partial charge in [0.15, 0.2) is 0 Å². The lowest BCUT2D eigenvalue weighted by Gasteiger charge is -2.29. The van der Waals surface area contributed by atoms with Crippen LogP contribution in [0.5, 0.6) is 17.2 Å². The van der Waals surface area contributed by atoms with E-state index in [9.17, 15) is 19.8 Å². The smallest absolute Gasteiger partial charge is 0.295 e.